The van der Waals surface area contributed by atoms with Crippen LogP contribution in [-0.2, 0) is 11.4 Å². The van der Waals surface area contributed by atoms with E-state index in [0.29, 0.717) is 24.5 Å². The quantitative estimate of drug-likeness (QED) is 0.885. The van der Waals surface area contributed by atoms with E-state index in [4.69, 9.17) is 4.74 Å². The zero-order valence-corrected chi connectivity index (χ0v) is 13.5. The maximum absolute atomic E-state index is 12.3. The van der Waals surface area contributed by atoms with Gasteiger partial charge >= 0.3 is 0 Å². The van der Waals surface area contributed by atoms with E-state index in [0.717, 1.165) is 5.56 Å². The monoisotopic (exact) mass is 324 g/mol. The van der Waals surface area contributed by atoms with Crippen LogP contribution in [-0.4, -0.2) is 17.2 Å². The molecule has 1 unspecified atom stereocenters. The smallest absolute Gasteiger partial charge is 0.296 e. The number of ether oxygens (including phenoxy) is 1. The normalized spacial score (nSPS) is 17.2. The van der Waals surface area contributed by atoms with Gasteiger partial charge in [-0.2, -0.15) is 0 Å². The van der Waals surface area contributed by atoms with E-state index >= 15 is 0 Å². The minimum Gasteiger partial charge on any atom is -0.502 e. The molecule has 0 spiro atoms. The van der Waals surface area contributed by atoms with Crippen LogP contribution in [0.25, 0.3) is 0 Å². The Balaban J connectivity index is 1.79. The summed E-state index contributed by atoms with van der Waals surface area (Å²) in [6.45, 7) is 2.43. The van der Waals surface area contributed by atoms with Crippen molar-refractivity contribution in [1.29, 1.82) is 0 Å². The minimum atomic E-state index is -0.416. The zero-order chi connectivity index (χ0) is 16.9. The van der Waals surface area contributed by atoms with Crippen molar-refractivity contribution in [2.75, 3.05) is 4.90 Å². The molecule has 2 N–H and O–H groups in total. The van der Waals surface area contributed by atoms with E-state index in [2.05, 4.69) is 5.32 Å². The molecule has 5 nitrogen and oxygen atoms in total. The Labute approximate surface area is 141 Å². The van der Waals surface area contributed by atoms with Crippen LogP contribution in [0.5, 0.6) is 5.75 Å². The van der Waals surface area contributed by atoms with E-state index in [1.807, 2.05) is 61.5 Å². The number of rotatable bonds is 5. The molecular weight excluding hydrogens is 304 g/mol. The maximum atomic E-state index is 12.3. The van der Waals surface area contributed by atoms with Crippen molar-refractivity contribution in [3.8, 4) is 5.75 Å². The molecule has 0 aromatic heterocycles. The molecule has 124 valence electrons. The molecule has 0 radical (unpaired) electrons. The molecule has 1 amide bonds. The molecule has 3 rings (SSSR count). The summed E-state index contributed by atoms with van der Waals surface area (Å²) in [5.74, 6) is -0.0378. The van der Waals surface area contributed by atoms with Crippen molar-refractivity contribution in [2.24, 2.45) is 0 Å². The number of benzene rings is 2. The number of anilines is 1. The summed E-state index contributed by atoms with van der Waals surface area (Å²) in [7, 11) is 0. The average Bonchev–Trinajstić information content (AvgIpc) is 2.63. The fraction of sp³-hybridized carbons (Fsp3) is 0.211. The van der Waals surface area contributed by atoms with Crippen molar-refractivity contribution in [2.45, 2.75) is 26.1 Å². The first-order valence-electron chi connectivity index (χ1n) is 7.94. The Kier molecular flexibility index (Phi) is 4.70. The highest BCUT2D eigenvalue weighted by Gasteiger charge is 2.30. The molecule has 2 aromatic carbocycles. The lowest BCUT2D eigenvalue weighted by molar-refractivity contribution is -0.118. The molecule has 0 aliphatic carbocycles. The summed E-state index contributed by atoms with van der Waals surface area (Å²) in [5.41, 5.74) is 1.76. The number of aliphatic hydroxyl groups is 1. The third-order valence-electron chi connectivity index (χ3n) is 3.89. The SMILES string of the molecule is CCC1NC=C(O)C(=O)N1c1cccc(OCc2ccccc2)c1. The van der Waals surface area contributed by atoms with Gasteiger partial charge in [0.05, 0.1) is 0 Å². The van der Waals surface area contributed by atoms with Gasteiger partial charge in [-0.05, 0) is 24.1 Å². The first kappa shape index (κ1) is 15.9. The number of aliphatic hydroxyl groups excluding tert-OH is 1. The van der Waals surface area contributed by atoms with Crippen molar-refractivity contribution < 1.29 is 14.6 Å². The van der Waals surface area contributed by atoms with Gasteiger partial charge in [0.25, 0.3) is 5.91 Å². The third kappa shape index (κ3) is 3.35. The number of hydrogen-bond donors (Lipinski definition) is 2. The van der Waals surface area contributed by atoms with Crippen molar-refractivity contribution >= 4 is 11.6 Å². The van der Waals surface area contributed by atoms with Crippen molar-refractivity contribution in [1.82, 2.24) is 5.32 Å². The maximum Gasteiger partial charge on any atom is 0.296 e. The number of amides is 1. The van der Waals surface area contributed by atoms with Crippen LogP contribution in [0.15, 0.2) is 66.6 Å². The van der Waals surface area contributed by atoms with Gasteiger partial charge in [0.1, 0.15) is 18.5 Å². The zero-order valence-electron chi connectivity index (χ0n) is 13.5. The van der Waals surface area contributed by atoms with Crippen LogP contribution >= 0.6 is 0 Å². The first-order chi connectivity index (χ1) is 11.7. The van der Waals surface area contributed by atoms with Crippen LogP contribution in [0.4, 0.5) is 5.69 Å². The summed E-state index contributed by atoms with van der Waals surface area (Å²) in [4.78, 5) is 13.9. The lowest BCUT2D eigenvalue weighted by atomic mass is 10.2. The van der Waals surface area contributed by atoms with E-state index in [1.165, 1.54) is 6.20 Å². The number of hydrogen-bond acceptors (Lipinski definition) is 4. The Morgan fingerprint density at radius 3 is 2.71 bits per heavy atom. The molecule has 1 atom stereocenters. The second-order valence-electron chi connectivity index (χ2n) is 5.57. The Bertz CT molecular complexity index is 743. The van der Waals surface area contributed by atoms with Crippen molar-refractivity contribution in [3.63, 3.8) is 0 Å². The molecule has 1 heterocycles. The summed E-state index contributed by atoms with van der Waals surface area (Å²) in [6.07, 6.45) is 1.87. The van der Waals surface area contributed by atoms with Gasteiger partial charge in [-0.1, -0.05) is 43.3 Å². The van der Waals surface area contributed by atoms with E-state index < -0.39 is 5.91 Å². The number of nitrogens with zero attached hydrogens (tertiary/aromatic N) is 1. The highest BCUT2D eigenvalue weighted by atomic mass is 16.5. The molecule has 0 bridgehead atoms. The Morgan fingerprint density at radius 2 is 1.96 bits per heavy atom. The molecule has 24 heavy (non-hydrogen) atoms. The number of nitrogens with one attached hydrogen (secondary N) is 1. The topological polar surface area (TPSA) is 61.8 Å². The molecule has 5 heteroatoms. The lowest BCUT2D eigenvalue weighted by Crippen LogP contribution is -2.51. The lowest BCUT2D eigenvalue weighted by Gasteiger charge is -2.34. The second-order valence-corrected chi connectivity index (χ2v) is 5.57. The Morgan fingerprint density at radius 1 is 1.17 bits per heavy atom. The second kappa shape index (κ2) is 7.08. The van der Waals surface area contributed by atoms with Gasteiger partial charge in [0.2, 0.25) is 0 Å². The summed E-state index contributed by atoms with van der Waals surface area (Å²) in [6, 6.07) is 17.2. The summed E-state index contributed by atoms with van der Waals surface area (Å²) < 4.78 is 5.82. The van der Waals surface area contributed by atoms with Crippen LogP contribution in [0.3, 0.4) is 0 Å². The van der Waals surface area contributed by atoms with Crippen LogP contribution in [0.1, 0.15) is 18.9 Å². The van der Waals surface area contributed by atoms with Gasteiger partial charge in [0, 0.05) is 18.0 Å². The molecule has 0 saturated carbocycles. The number of carbonyl (C=O) groups is 1. The molecule has 2 aromatic rings. The molecule has 1 aliphatic rings. The van der Waals surface area contributed by atoms with Crippen LogP contribution < -0.4 is 15.0 Å². The fourth-order valence-electron chi connectivity index (χ4n) is 2.64. The summed E-state index contributed by atoms with van der Waals surface area (Å²) >= 11 is 0. The first-order valence-corrected chi connectivity index (χ1v) is 7.94. The standard InChI is InChI=1S/C19H20N2O3/c1-2-18-20-12-17(22)19(23)21(18)15-9-6-10-16(11-15)24-13-14-7-4-3-5-8-14/h3-12,18,20,22H,2,13H2,1H3. The van der Waals surface area contributed by atoms with Crippen LogP contribution in [0, 0.1) is 0 Å². The van der Waals surface area contributed by atoms with E-state index in [1.54, 1.807) is 4.90 Å². The molecule has 0 saturated heterocycles. The van der Waals surface area contributed by atoms with Crippen molar-refractivity contribution in [3.05, 3.63) is 72.1 Å². The summed E-state index contributed by atoms with van der Waals surface area (Å²) in [5, 5.41) is 12.7. The van der Waals surface area contributed by atoms with Gasteiger partial charge < -0.3 is 15.2 Å². The largest absolute Gasteiger partial charge is 0.502 e. The molecular formula is C19H20N2O3. The molecule has 1 aliphatic heterocycles. The van der Waals surface area contributed by atoms with Gasteiger partial charge in [-0.3, -0.25) is 9.69 Å². The third-order valence-corrected chi connectivity index (χ3v) is 3.89. The van der Waals surface area contributed by atoms with Gasteiger partial charge in [-0.25, -0.2) is 0 Å². The van der Waals surface area contributed by atoms with Gasteiger partial charge in [0.15, 0.2) is 5.76 Å². The predicted octanol–water partition coefficient (Wildman–Crippen LogP) is 3.34. The minimum absolute atomic E-state index is 0.197. The highest BCUT2D eigenvalue weighted by Crippen LogP contribution is 2.26. The Hall–Kier alpha value is -2.95. The predicted molar refractivity (Wildman–Crippen MR) is 92.6 cm³/mol. The highest BCUT2D eigenvalue weighted by molar-refractivity contribution is 6.05. The average molecular weight is 324 g/mol. The van der Waals surface area contributed by atoms with E-state index in [-0.39, 0.29) is 11.9 Å². The fourth-order valence-corrected chi connectivity index (χ4v) is 2.64. The van der Waals surface area contributed by atoms with Gasteiger partial charge in [-0.15, -0.1) is 0 Å². The van der Waals surface area contributed by atoms with E-state index in [9.17, 15) is 9.90 Å². The van der Waals surface area contributed by atoms with Crippen LogP contribution in [0.2, 0.25) is 0 Å². The number of carbonyl (C=O) groups excluding carboxylic acids is 1. The molecule has 0 fully saturated rings.